The van der Waals surface area contributed by atoms with Crippen molar-refractivity contribution in [2.24, 2.45) is 0 Å². The van der Waals surface area contributed by atoms with E-state index in [-0.39, 0.29) is 12.5 Å². The third-order valence-electron chi connectivity index (χ3n) is 3.80. The van der Waals surface area contributed by atoms with Gasteiger partial charge in [0.2, 0.25) is 5.91 Å². The summed E-state index contributed by atoms with van der Waals surface area (Å²) in [6.45, 7) is 10.5. The largest absolute Gasteiger partial charge is 0.489 e. The maximum absolute atomic E-state index is 12.2. The molecule has 1 amide bonds. The van der Waals surface area contributed by atoms with Crippen molar-refractivity contribution in [3.63, 3.8) is 0 Å². The molecule has 132 valence electrons. The molecule has 0 atom stereocenters. The van der Waals surface area contributed by atoms with Gasteiger partial charge in [-0.05, 0) is 61.2 Å². The van der Waals surface area contributed by atoms with Gasteiger partial charge in [-0.1, -0.05) is 31.7 Å². The van der Waals surface area contributed by atoms with E-state index >= 15 is 0 Å². The second-order valence-corrected chi connectivity index (χ2v) is 6.13. The van der Waals surface area contributed by atoms with Gasteiger partial charge in [-0.25, -0.2) is 0 Å². The predicted molar refractivity (Wildman–Crippen MR) is 104 cm³/mol. The van der Waals surface area contributed by atoms with Crippen molar-refractivity contribution in [2.75, 3.05) is 23.8 Å². The Labute approximate surface area is 149 Å². The number of ether oxygens (including phenoxy) is 1. The lowest BCUT2D eigenvalue weighted by molar-refractivity contribution is -0.114. The van der Waals surface area contributed by atoms with E-state index in [2.05, 4.69) is 24.1 Å². The quantitative estimate of drug-likeness (QED) is 0.694. The lowest BCUT2D eigenvalue weighted by Gasteiger charge is -2.14. The molecule has 0 aliphatic heterocycles. The van der Waals surface area contributed by atoms with E-state index in [1.165, 1.54) is 0 Å². The Kier molecular flexibility index (Phi) is 6.63. The van der Waals surface area contributed by atoms with E-state index in [1.807, 2.05) is 56.3 Å². The Balaban J connectivity index is 1.89. The van der Waals surface area contributed by atoms with Crippen LogP contribution in [0, 0.1) is 6.92 Å². The summed E-state index contributed by atoms with van der Waals surface area (Å²) < 4.78 is 5.56. The lowest BCUT2D eigenvalue weighted by atomic mass is 10.1. The molecule has 0 fully saturated rings. The van der Waals surface area contributed by atoms with Crippen LogP contribution in [0.3, 0.4) is 0 Å². The number of rotatable bonds is 8. The van der Waals surface area contributed by atoms with Gasteiger partial charge in [0, 0.05) is 11.4 Å². The van der Waals surface area contributed by atoms with Crippen LogP contribution >= 0.6 is 0 Å². The number of amides is 1. The van der Waals surface area contributed by atoms with Crippen molar-refractivity contribution in [3.05, 3.63) is 65.7 Å². The molecule has 2 N–H and O–H groups in total. The molecule has 0 radical (unpaired) electrons. The molecular weight excluding hydrogens is 312 g/mol. The zero-order valence-electron chi connectivity index (χ0n) is 15.2. The Bertz CT molecular complexity index is 736. The molecule has 2 aromatic rings. The fourth-order valence-corrected chi connectivity index (χ4v) is 2.44. The van der Waals surface area contributed by atoms with Gasteiger partial charge in [-0.15, -0.1) is 0 Å². The zero-order valence-corrected chi connectivity index (χ0v) is 15.2. The molecule has 0 aliphatic rings. The minimum atomic E-state index is -0.0633. The number of benzene rings is 2. The first-order valence-corrected chi connectivity index (χ1v) is 8.49. The molecule has 0 bridgehead atoms. The van der Waals surface area contributed by atoms with Gasteiger partial charge >= 0.3 is 0 Å². The first kappa shape index (κ1) is 18.6. The second-order valence-electron chi connectivity index (χ2n) is 6.13. The SMILES string of the molecule is C=C(C)COc1ccc(NCC(=O)Nc2c(C)cccc2CC)cc1. The van der Waals surface area contributed by atoms with Crippen molar-refractivity contribution < 1.29 is 9.53 Å². The third-order valence-corrected chi connectivity index (χ3v) is 3.80. The van der Waals surface area contributed by atoms with Crippen LogP contribution in [-0.2, 0) is 11.2 Å². The molecular formula is C21H26N2O2. The fraction of sp³-hybridized carbons (Fsp3) is 0.286. The molecule has 4 heteroatoms. The van der Waals surface area contributed by atoms with Crippen LogP contribution in [0.25, 0.3) is 0 Å². The summed E-state index contributed by atoms with van der Waals surface area (Å²) >= 11 is 0. The third kappa shape index (κ3) is 5.68. The molecule has 2 aromatic carbocycles. The summed E-state index contributed by atoms with van der Waals surface area (Å²) in [6, 6.07) is 13.6. The molecule has 0 saturated carbocycles. The normalized spacial score (nSPS) is 10.2. The maximum atomic E-state index is 12.2. The van der Waals surface area contributed by atoms with Crippen molar-refractivity contribution in [2.45, 2.75) is 27.2 Å². The predicted octanol–water partition coefficient (Wildman–Crippen LogP) is 4.56. The summed E-state index contributed by atoms with van der Waals surface area (Å²) in [5.41, 5.74) is 4.99. The Morgan fingerprint density at radius 2 is 1.88 bits per heavy atom. The van der Waals surface area contributed by atoms with Gasteiger partial charge in [0.15, 0.2) is 0 Å². The van der Waals surface area contributed by atoms with Gasteiger partial charge in [-0.3, -0.25) is 4.79 Å². The lowest BCUT2D eigenvalue weighted by Crippen LogP contribution is -2.22. The van der Waals surface area contributed by atoms with E-state index in [0.29, 0.717) is 6.61 Å². The van der Waals surface area contributed by atoms with E-state index in [9.17, 15) is 4.79 Å². The zero-order chi connectivity index (χ0) is 18.2. The Hall–Kier alpha value is -2.75. The fourth-order valence-electron chi connectivity index (χ4n) is 2.44. The summed E-state index contributed by atoms with van der Waals surface area (Å²) in [5, 5.41) is 6.14. The molecule has 4 nitrogen and oxygen atoms in total. The number of para-hydroxylation sites is 1. The Morgan fingerprint density at radius 3 is 2.52 bits per heavy atom. The van der Waals surface area contributed by atoms with Crippen LogP contribution in [-0.4, -0.2) is 19.1 Å². The van der Waals surface area contributed by atoms with Crippen LogP contribution in [0.15, 0.2) is 54.6 Å². The van der Waals surface area contributed by atoms with Gasteiger partial charge < -0.3 is 15.4 Å². The average Bonchev–Trinajstić information content (AvgIpc) is 2.60. The molecule has 0 aromatic heterocycles. The van der Waals surface area contributed by atoms with E-state index in [4.69, 9.17) is 4.74 Å². The molecule has 2 rings (SSSR count). The van der Waals surface area contributed by atoms with Crippen molar-refractivity contribution in [3.8, 4) is 5.75 Å². The highest BCUT2D eigenvalue weighted by Crippen LogP contribution is 2.21. The van der Waals surface area contributed by atoms with E-state index in [1.54, 1.807) is 0 Å². The van der Waals surface area contributed by atoms with Crippen LogP contribution in [0.2, 0.25) is 0 Å². The minimum absolute atomic E-state index is 0.0633. The number of hydrogen-bond donors (Lipinski definition) is 2. The maximum Gasteiger partial charge on any atom is 0.243 e. The smallest absolute Gasteiger partial charge is 0.243 e. The highest BCUT2D eigenvalue weighted by molar-refractivity contribution is 5.95. The van der Waals surface area contributed by atoms with Gasteiger partial charge in [-0.2, -0.15) is 0 Å². The Morgan fingerprint density at radius 1 is 1.16 bits per heavy atom. The average molecular weight is 338 g/mol. The summed E-state index contributed by atoms with van der Waals surface area (Å²) in [4.78, 5) is 12.2. The summed E-state index contributed by atoms with van der Waals surface area (Å²) in [7, 11) is 0. The number of aryl methyl sites for hydroxylation is 2. The van der Waals surface area contributed by atoms with Crippen LogP contribution in [0.4, 0.5) is 11.4 Å². The molecule has 0 unspecified atom stereocenters. The first-order chi connectivity index (χ1) is 12.0. The van der Waals surface area contributed by atoms with E-state index < -0.39 is 0 Å². The standard InChI is InChI=1S/C21H26N2O2/c1-5-17-8-6-7-16(4)21(17)23-20(24)13-22-18-9-11-19(12-10-18)25-14-15(2)3/h6-12,22H,2,5,13-14H2,1,3-4H3,(H,23,24). The number of carbonyl (C=O) groups is 1. The molecule has 0 saturated heterocycles. The first-order valence-electron chi connectivity index (χ1n) is 8.49. The van der Waals surface area contributed by atoms with Crippen LogP contribution in [0.1, 0.15) is 25.0 Å². The highest BCUT2D eigenvalue weighted by atomic mass is 16.5. The summed E-state index contributed by atoms with van der Waals surface area (Å²) in [5.74, 6) is 0.720. The van der Waals surface area contributed by atoms with Crippen molar-refractivity contribution in [1.29, 1.82) is 0 Å². The molecule has 0 aliphatic carbocycles. The van der Waals surface area contributed by atoms with E-state index in [0.717, 1.165) is 40.2 Å². The topological polar surface area (TPSA) is 50.4 Å². The summed E-state index contributed by atoms with van der Waals surface area (Å²) in [6.07, 6.45) is 0.885. The van der Waals surface area contributed by atoms with Crippen LogP contribution < -0.4 is 15.4 Å². The number of nitrogens with one attached hydrogen (secondary N) is 2. The second kappa shape index (κ2) is 8.92. The van der Waals surface area contributed by atoms with Gasteiger partial charge in [0.05, 0.1) is 6.54 Å². The van der Waals surface area contributed by atoms with Crippen molar-refractivity contribution >= 4 is 17.3 Å². The monoisotopic (exact) mass is 338 g/mol. The number of anilines is 2. The van der Waals surface area contributed by atoms with Gasteiger partial charge in [0.1, 0.15) is 12.4 Å². The minimum Gasteiger partial charge on any atom is -0.489 e. The number of carbonyl (C=O) groups excluding carboxylic acids is 1. The molecule has 25 heavy (non-hydrogen) atoms. The molecule has 0 heterocycles. The number of hydrogen-bond acceptors (Lipinski definition) is 3. The molecule has 0 spiro atoms. The van der Waals surface area contributed by atoms with Crippen LogP contribution in [0.5, 0.6) is 5.75 Å². The van der Waals surface area contributed by atoms with Crippen molar-refractivity contribution in [1.82, 2.24) is 0 Å². The van der Waals surface area contributed by atoms with Gasteiger partial charge in [0.25, 0.3) is 0 Å². The highest BCUT2D eigenvalue weighted by Gasteiger charge is 2.08.